The zero-order valence-electron chi connectivity index (χ0n) is 15.0. The summed E-state index contributed by atoms with van der Waals surface area (Å²) in [4.78, 5) is 24.0. The fourth-order valence-electron chi connectivity index (χ4n) is 3.37. The van der Waals surface area contributed by atoms with E-state index in [9.17, 15) is 4.79 Å². The van der Waals surface area contributed by atoms with Crippen LogP contribution >= 0.6 is 0 Å². The molecule has 130 valence electrons. The third-order valence-electron chi connectivity index (χ3n) is 4.85. The van der Waals surface area contributed by atoms with Gasteiger partial charge in [-0.1, -0.05) is 36.4 Å². The first-order valence-corrected chi connectivity index (χ1v) is 8.55. The molecule has 5 heteroatoms. The lowest BCUT2D eigenvalue weighted by Crippen LogP contribution is -2.40. The van der Waals surface area contributed by atoms with Crippen molar-refractivity contribution in [2.75, 3.05) is 17.3 Å². The molecule has 1 aliphatic heterocycles. The number of hydrogen-bond acceptors (Lipinski definition) is 4. The standard InChI is InChI=1S/C21H20N4O/c1-21(2)16-13-22-20(23-14-9-5-4-6-10-14)24-18(16)15-11-7-8-12-17(15)25(3)19(21)26/h4-13H,1-3H3,(H,22,23,24). The summed E-state index contributed by atoms with van der Waals surface area (Å²) in [6.07, 6.45) is 1.77. The van der Waals surface area contributed by atoms with E-state index in [1.807, 2.05) is 75.5 Å². The van der Waals surface area contributed by atoms with Crippen LogP contribution in [0, 0.1) is 0 Å². The third-order valence-corrected chi connectivity index (χ3v) is 4.85. The number of fused-ring (bicyclic) bond motifs is 3. The molecule has 0 aliphatic carbocycles. The van der Waals surface area contributed by atoms with Crippen LogP contribution < -0.4 is 10.2 Å². The van der Waals surface area contributed by atoms with Crippen molar-refractivity contribution in [3.05, 3.63) is 66.4 Å². The number of aromatic nitrogens is 2. The summed E-state index contributed by atoms with van der Waals surface area (Å²) in [5, 5.41) is 3.23. The van der Waals surface area contributed by atoms with Crippen LogP contribution in [0.1, 0.15) is 19.4 Å². The molecule has 0 saturated heterocycles. The maximum absolute atomic E-state index is 13.0. The Balaban J connectivity index is 1.90. The van der Waals surface area contributed by atoms with Crippen LogP contribution in [0.2, 0.25) is 0 Å². The van der Waals surface area contributed by atoms with Gasteiger partial charge in [0.25, 0.3) is 0 Å². The first-order valence-electron chi connectivity index (χ1n) is 8.55. The van der Waals surface area contributed by atoms with Crippen molar-refractivity contribution < 1.29 is 4.79 Å². The quantitative estimate of drug-likeness (QED) is 0.759. The van der Waals surface area contributed by atoms with Crippen molar-refractivity contribution in [2.45, 2.75) is 19.3 Å². The van der Waals surface area contributed by atoms with Crippen molar-refractivity contribution in [1.29, 1.82) is 0 Å². The molecule has 0 spiro atoms. The molecule has 4 rings (SSSR count). The molecule has 0 fully saturated rings. The van der Waals surface area contributed by atoms with E-state index in [-0.39, 0.29) is 5.91 Å². The molecule has 0 atom stereocenters. The van der Waals surface area contributed by atoms with Crippen molar-refractivity contribution in [1.82, 2.24) is 9.97 Å². The number of para-hydroxylation sites is 2. The number of carbonyl (C=O) groups is 1. The van der Waals surface area contributed by atoms with Gasteiger partial charge in [-0.2, -0.15) is 0 Å². The van der Waals surface area contributed by atoms with Crippen molar-refractivity contribution in [3.63, 3.8) is 0 Å². The van der Waals surface area contributed by atoms with Crippen LogP contribution in [0.4, 0.5) is 17.3 Å². The molecule has 1 N–H and O–H groups in total. The smallest absolute Gasteiger partial charge is 0.236 e. The van der Waals surface area contributed by atoms with Crippen LogP contribution in [0.3, 0.4) is 0 Å². The lowest BCUT2D eigenvalue weighted by molar-refractivity contribution is -0.122. The Bertz CT molecular complexity index is 982. The first-order chi connectivity index (χ1) is 12.5. The van der Waals surface area contributed by atoms with E-state index >= 15 is 0 Å². The minimum atomic E-state index is -0.714. The fourth-order valence-corrected chi connectivity index (χ4v) is 3.37. The summed E-state index contributed by atoms with van der Waals surface area (Å²) in [6, 6.07) is 17.6. The van der Waals surface area contributed by atoms with Gasteiger partial charge < -0.3 is 10.2 Å². The molecule has 2 aromatic carbocycles. The molecule has 0 unspecified atom stereocenters. The van der Waals surface area contributed by atoms with Crippen molar-refractivity contribution >= 4 is 23.2 Å². The SMILES string of the molecule is CN1C(=O)C(C)(C)c2cnc(Nc3ccccc3)nc2-c2ccccc21. The number of nitrogens with one attached hydrogen (secondary N) is 1. The summed E-state index contributed by atoms with van der Waals surface area (Å²) >= 11 is 0. The molecule has 1 aromatic heterocycles. The molecule has 3 aromatic rings. The van der Waals surface area contributed by atoms with Crippen LogP contribution in [-0.4, -0.2) is 22.9 Å². The Kier molecular flexibility index (Phi) is 3.72. The fraction of sp³-hybridized carbons (Fsp3) is 0.190. The Morgan fingerprint density at radius 2 is 1.69 bits per heavy atom. The highest BCUT2D eigenvalue weighted by atomic mass is 16.2. The summed E-state index contributed by atoms with van der Waals surface area (Å²) in [5.74, 6) is 0.536. The van der Waals surface area contributed by atoms with Gasteiger partial charge >= 0.3 is 0 Å². The van der Waals surface area contributed by atoms with Gasteiger partial charge in [0.2, 0.25) is 11.9 Å². The van der Waals surface area contributed by atoms with Gasteiger partial charge in [-0.25, -0.2) is 9.97 Å². The third kappa shape index (κ3) is 2.52. The van der Waals surface area contributed by atoms with E-state index < -0.39 is 5.41 Å². The topological polar surface area (TPSA) is 58.1 Å². The molecule has 1 aliphatic rings. The number of hydrogen-bond donors (Lipinski definition) is 1. The van der Waals surface area contributed by atoms with E-state index in [0.717, 1.165) is 28.2 Å². The number of nitrogens with zero attached hydrogens (tertiary/aromatic N) is 3. The number of carbonyl (C=O) groups excluding carboxylic acids is 1. The monoisotopic (exact) mass is 344 g/mol. The Hall–Kier alpha value is -3.21. The van der Waals surface area contributed by atoms with Crippen LogP contribution in [-0.2, 0) is 10.2 Å². The summed E-state index contributed by atoms with van der Waals surface area (Å²) < 4.78 is 0. The van der Waals surface area contributed by atoms with Gasteiger partial charge in [-0.3, -0.25) is 4.79 Å². The maximum atomic E-state index is 13.0. The second-order valence-electron chi connectivity index (χ2n) is 6.95. The van der Waals surface area contributed by atoms with Gasteiger partial charge in [0.15, 0.2) is 0 Å². The minimum absolute atomic E-state index is 0.0241. The van der Waals surface area contributed by atoms with E-state index in [2.05, 4.69) is 10.3 Å². The molecule has 0 saturated carbocycles. The predicted molar refractivity (Wildman–Crippen MR) is 104 cm³/mol. The van der Waals surface area contributed by atoms with Gasteiger partial charge in [-0.15, -0.1) is 0 Å². The number of rotatable bonds is 2. The van der Waals surface area contributed by atoms with E-state index in [0.29, 0.717) is 5.95 Å². The molecule has 0 bridgehead atoms. The maximum Gasteiger partial charge on any atom is 0.236 e. The number of benzene rings is 2. The average Bonchev–Trinajstić information content (AvgIpc) is 2.72. The number of anilines is 3. The Labute approximate surface area is 152 Å². The number of amides is 1. The second-order valence-corrected chi connectivity index (χ2v) is 6.95. The predicted octanol–water partition coefficient (Wildman–Crippen LogP) is 4.14. The van der Waals surface area contributed by atoms with E-state index in [1.54, 1.807) is 11.1 Å². The highest BCUT2D eigenvalue weighted by Gasteiger charge is 2.39. The number of likely N-dealkylation sites (N-methyl/N-ethyl adjacent to an activating group) is 1. The molecular formula is C21H20N4O. The molecule has 26 heavy (non-hydrogen) atoms. The van der Waals surface area contributed by atoms with Crippen LogP contribution in [0.15, 0.2) is 60.8 Å². The largest absolute Gasteiger partial charge is 0.324 e. The highest BCUT2D eigenvalue weighted by molar-refractivity contribution is 6.06. The summed E-state index contributed by atoms with van der Waals surface area (Å²) in [5.41, 5.74) is 3.61. The van der Waals surface area contributed by atoms with E-state index in [1.165, 1.54) is 0 Å². The Morgan fingerprint density at radius 3 is 2.46 bits per heavy atom. The zero-order chi connectivity index (χ0) is 18.3. The van der Waals surface area contributed by atoms with Crippen LogP contribution in [0.5, 0.6) is 0 Å². The molecular weight excluding hydrogens is 324 g/mol. The summed E-state index contributed by atoms with van der Waals surface area (Å²) in [7, 11) is 1.81. The van der Waals surface area contributed by atoms with Gasteiger partial charge in [0.1, 0.15) is 0 Å². The molecule has 0 radical (unpaired) electrons. The minimum Gasteiger partial charge on any atom is -0.324 e. The van der Waals surface area contributed by atoms with Gasteiger partial charge in [0.05, 0.1) is 16.8 Å². The lowest BCUT2D eigenvalue weighted by Gasteiger charge is -2.27. The van der Waals surface area contributed by atoms with Crippen LogP contribution in [0.25, 0.3) is 11.3 Å². The van der Waals surface area contributed by atoms with Gasteiger partial charge in [0, 0.05) is 30.1 Å². The molecule has 2 heterocycles. The lowest BCUT2D eigenvalue weighted by atomic mass is 9.83. The normalized spacial score (nSPS) is 15.0. The second kappa shape index (κ2) is 5.95. The van der Waals surface area contributed by atoms with Crippen molar-refractivity contribution in [2.24, 2.45) is 0 Å². The Morgan fingerprint density at radius 1 is 1.00 bits per heavy atom. The summed E-state index contributed by atoms with van der Waals surface area (Å²) in [6.45, 7) is 3.84. The average molecular weight is 344 g/mol. The molecule has 1 amide bonds. The van der Waals surface area contributed by atoms with Gasteiger partial charge in [-0.05, 0) is 32.0 Å². The van der Waals surface area contributed by atoms with Crippen molar-refractivity contribution in [3.8, 4) is 11.3 Å². The zero-order valence-corrected chi connectivity index (χ0v) is 15.0. The first kappa shape index (κ1) is 16.3. The van der Waals surface area contributed by atoms with E-state index in [4.69, 9.17) is 4.98 Å². The molecule has 5 nitrogen and oxygen atoms in total. The highest BCUT2D eigenvalue weighted by Crippen LogP contribution is 2.42.